The summed E-state index contributed by atoms with van der Waals surface area (Å²) in [5.41, 5.74) is 2.78. The molecule has 0 aliphatic carbocycles. The minimum absolute atomic E-state index is 0.200. The molecular weight excluding hydrogens is 575 g/mol. The maximum absolute atomic E-state index is 11.6. The smallest absolute Gasteiger partial charge is 0.358 e. The second-order valence-corrected chi connectivity index (χ2v) is 8.55. The molecular formula is C20H18BrCl3N6O4. The van der Waals surface area contributed by atoms with E-state index in [2.05, 4.69) is 36.1 Å². The van der Waals surface area contributed by atoms with Gasteiger partial charge in [-0.3, -0.25) is 0 Å². The number of hydrogen-bond acceptors (Lipinski definition) is 8. The number of hydrogen-bond donors (Lipinski definition) is 0. The number of aromatic nitrogens is 6. The van der Waals surface area contributed by atoms with Crippen LogP contribution >= 0.6 is 50.7 Å². The van der Waals surface area contributed by atoms with Crippen LogP contribution in [0, 0.1) is 13.8 Å². The predicted octanol–water partition coefficient (Wildman–Crippen LogP) is 5.15. The third-order valence-corrected chi connectivity index (χ3v) is 6.61. The minimum Gasteiger partial charge on any atom is -0.461 e. The van der Waals surface area contributed by atoms with E-state index in [1.165, 1.54) is 21.4 Å². The first kappa shape index (κ1) is 26.1. The number of carbonyl (C=O) groups excluding carboxylic acids is 2. The lowest BCUT2D eigenvalue weighted by molar-refractivity contribution is 0.0507. The maximum Gasteiger partial charge on any atom is 0.358 e. The van der Waals surface area contributed by atoms with E-state index in [0.717, 1.165) is 5.56 Å². The third-order valence-electron chi connectivity index (χ3n) is 4.49. The molecule has 0 spiro atoms. The highest BCUT2D eigenvalue weighted by molar-refractivity contribution is 9.10. The molecule has 0 amide bonds. The molecule has 10 nitrogen and oxygen atoms in total. The summed E-state index contributed by atoms with van der Waals surface area (Å²) in [6.45, 7) is 7.58. The Morgan fingerprint density at radius 1 is 0.853 bits per heavy atom. The highest BCUT2D eigenvalue weighted by Crippen LogP contribution is 2.27. The fourth-order valence-corrected chi connectivity index (χ4v) is 3.90. The normalized spacial score (nSPS) is 10.8. The van der Waals surface area contributed by atoms with Crippen LogP contribution in [0.4, 0.5) is 0 Å². The van der Waals surface area contributed by atoms with Crippen LogP contribution in [0.3, 0.4) is 0 Å². The van der Waals surface area contributed by atoms with Gasteiger partial charge in [0.15, 0.2) is 33.0 Å². The van der Waals surface area contributed by atoms with E-state index in [0.29, 0.717) is 38.1 Å². The molecule has 0 aromatic carbocycles. The maximum atomic E-state index is 11.6. The largest absolute Gasteiger partial charge is 0.461 e. The second kappa shape index (κ2) is 10.9. The van der Waals surface area contributed by atoms with Gasteiger partial charge in [-0.05, 0) is 43.6 Å². The summed E-state index contributed by atoms with van der Waals surface area (Å²) >= 11 is 21.3. The molecule has 0 aliphatic heterocycles. The molecule has 0 fully saturated rings. The van der Waals surface area contributed by atoms with Crippen LogP contribution in [0.25, 0.3) is 11.3 Å². The van der Waals surface area contributed by atoms with Gasteiger partial charge in [0.1, 0.15) is 0 Å². The molecule has 0 radical (unpaired) electrons. The topological polar surface area (TPSA) is 113 Å². The summed E-state index contributed by atoms with van der Waals surface area (Å²) in [6.07, 6.45) is 2.78. The van der Waals surface area contributed by atoms with Crippen molar-refractivity contribution in [3.63, 3.8) is 0 Å². The van der Waals surface area contributed by atoms with Crippen molar-refractivity contribution in [2.24, 2.45) is 0 Å². The van der Waals surface area contributed by atoms with E-state index in [9.17, 15) is 9.59 Å². The zero-order chi connectivity index (χ0) is 25.2. The van der Waals surface area contributed by atoms with Crippen molar-refractivity contribution in [2.75, 3.05) is 13.2 Å². The molecule has 180 valence electrons. The number of carbonyl (C=O) groups is 2. The number of ether oxygens (including phenoxy) is 2. The van der Waals surface area contributed by atoms with Crippen LogP contribution < -0.4 is 0 Å². The second-order valence-electron chi connectivity index (χ2n) is 6.66. The molecule has 0 saturated carbocycles. The van der Waals surface area contributed by atoms with E-state index < -0.39 is 11.9 Å². The first-order chi connectivity index (χ1) is 16.1. The average molecular weight is 593 g/mol. The minimum atomic E-state index is -0.511. The highest BCUT2D eigenvalue weighted by Gasteiger charge is 2.19. The van der Waals surface area contributed by atoms with E-state index in [4.69, 9.17) is 44.3 Å². The first-order valence-corrected chi connectivity index (χ1v) is 11.8. The van der Waals surface area contributed by atoms with E-state index in [1.54, 1.807) is 20.8 Å². The zero-order valence-corrected chi connectivity index (χ0v) is 22.3. The fraction of sp³-hybridized carbons (Fsp3) is 0.300. The van der Waals surface area contributed by atoms with Crippen molar-refractivity contribution in [2.45, 2.75) is 27.7 Å². The van der Waals surface area contributed by atoms with Crippen molar-refractivity contribution in [3.8, 4) is 0 Å². The Balaban J connectivity index is 0.000000191. The Labute approximate surface area is 217 Å². The lowest BCUT2D eigenvalue weighted by Crippen LogP contribution is -2.10. The van der Waals surface area contributed by atoms with Gasteiger partial charge in [-0.1, -0.05) is 34.8 Å². The molecule has 34 heavy (non-hydrogen) atoms. The number of esters is 2. The van der Waals surface area contributed by atoms with Gasteiger partial charge in [0.05, 0.1) is 35.1 Å². The average Bonchev–Trinajstić information content (AvgIpc) is 3.41. The van der Waals surface area contributed by atoms with Gasteiger partial charge in [0.2, 0.25) is 0 Å². The molecule has 0 saturated heterocycles. The molecule has 0 atom stereocenters. The van der Waals surface area contributed by atoms with E-state index in [1.807, 2.05) is 6.92 Å². The summed E-state index contributed by atoms with van der Waals surface area (Å²) in [7, 11) is 0. The summed E-state index contributed by atoms with van der Waals surface area (Å²) < 4.78 is 13.2. The van der Waals surface area contributed by atoms with Crippen LogP contribution in [0.5, 0.6) is 0 Å². The molecule has 4 aromatic heterocycles. The predicted molar refractivity (Wildman–Crippen MR) is 130 cm³/mol. The quantitative estimate of drug-likeness (QED) is 0.299. The lowest BCUT2D eigenvalue weighted by Gasteiger charge is -2.04. The number of nitrogens with zero attached hydrogens (tertiary/aromatic N) is 6. The van der Waals surface area contributed by atoms with Gasteiger partial charge < -0.3 is 9.47 Å². The Kier molecular flexibility index (Phi) is 8.34. The van der Waals surface area contributed by atoms with Gasteiger partial charge >= 0.3 is 11.9 Å². The standard InChI is InChI=1S/C10H9BrClN3O2.C10H9Cl2N3O2/c2*1-3-17-10(16)6-4-13-9-7(11)5(2)8(12)14-15(6)9/h2*4H,3H2,1-2H3. The highest BCUT2D eigenvalue weighted by atomic mass is 79.9. The van der Waals surface area contributed by atoms with Crippen LogP contribution in [0.1, 0.15) is 46.0 Å². The molecule has 0 aliphatic rings. The molecule has 4 rings (SSSR count). The van der Waals surface area contributed by atoms with Gasteiger partial charge in [-0.2, -0.15) is 10.2 Å². The Morgan fingerprint density at radius 3 is 1.79 bits per heavy atom. The fourth-order valence-electron chi connectivity index (χ4n) is 2.72. The van der Waals surface area contributed by atoms with Gasteiger partial charge in [-0.25, -0.2) is 28.6 Å². The number of rotatable bonds is 4. The Bertz CT molecular complexity index is 1300. The molecule has 4 heterocycles. The summed E-state index contributed by atoms with van der Waals surface area (Å²) in [6, 6.07) is 0. The molecule has 0 unspecified atom stereocenters. The Morgan fingerprint density at radius 2 is 1.29 bits per heavy atom. The van der Waals surface area contributed by atoms with Gasteiger partial charge in [0, 0.05) is 11.1 Å². The molecule has 14 heteroatoms. The van der Waals surface area contributed by atoms with Crippen LogP contribution in [-0.4, -0.2) is 54.3 Å². The number of halogens is 4. The van der Waals surface area contributed by atoms with Crippen molar-refractivity contribution in [3.05, 3.63) is 54.7 Å². The number of imidazole rings is 2. The summed E-state index contributed by atoms with van der Waals surface area (Å²) in [5, 5.41) is 9.04. The summed E-state index contributed by atoms with van der Waals surface area (Å²) in [5.74, 6) is -0.984. The van der Waals surface area contributed by atoms with Gasteiger partial charge in [0.25, 0.3) is 0 Å². The zero-order valence-electron chi connectivity index (χ0n) is 18.4. The van der Waals surface area contributed by atoms with E-state index >= 15 is 0 Å². The van der Waals surface area contributed by atoms with Crippen molar-refractivity contribution in [1.29, 1.82) is 0 Å². The van der Waals surface area contributed by atoms with Crippen LogP contribution in [0.2, 0.25) is 15.3 Å². The van der Waals surface area contributed by atoms with Gasteiger partial charge in [-0.15, -0.1) is 0 Å². The monoisotopic (exact) mass is 590 g/mol. The van der Waals surface area contributed by atoms with E-state index in [-0.39, 0.29) is 23.1 Å². The van der Waals surface area contributed by atoms with Crippen molar-refractivity contribution in [1.82, 2.24) is 29.2 Å². The third kappa shape index (κ3) is 4.97. The van der Waals surface area contributed by atoms with Crippen molar-refractivity contribution < 1.29 is 19.1 Å². The Hall–Kier alpha value is -2.47. The SMILES string of the molecule is CCOC(=O)c1cnc2c(Br)c(C)c(Cl)nn12.CCOC(=O)c1cnc2c(Cl)c(C)c(Cl)nn12. The summed E-state index contributed by atoms with van der Waals surface area (Å²) in [4.78, 5) is 31.4. The molecule has 0 N–H and O–H groups in total. The van der Waals surface area contributed by atoms with Crippen molar-refractivity contribution >= 4 is 74.0 Å². The molecule has 0 bridgehead atoms. The van der Waals surface area contributed by atoms with Crippen LogP contribution in [0.15, 0.2) is 16.9 Å². The first-order valence-electron chi connectivity index (χ1n) is 9.85. The lowest BCUT2D eigenvalue weighted by atomic mass is 10.3. The molecule has 4 aromatic rings. The number of fused-ring (bicyclic) bond motifs is 2. The van der Waals surface area contributed by atoms with Crippen LogP contribution in [-0.2, 0) is 9.47 Å².